The number of hydrogen-bond acceptors (Lipinski definition) is 12. The first kappa shape index (κ1) is 55.5. The predicted molar refractivity (Wildman–Crippen MR) is 300 cm³/mol. The molecule has 12 nitrogen and oxygen atoms in total. The summed E-state index contributed by atoms with van der Waals surface area (Å²) in [6, 6.07) is 56.7. The van der Waals surface area contributed by atoms with Gasteiger partial charge < -0.3 is 39.4 Å². The lowest BCUT2D eigenvalue weighted by atomic mass is 9.97. The van der Waals surface area contributed by atoms with Crippen LogP contribution in [0, 0.1) is 36.0 Å². The number of rotatable bonds is 8. The van der Waals surface area contributed by atoms with Gasteiger partial charge in [-0.3, -0.25) is 0 Å². The molecule has 9 rings (SSSR count). The Balaban J connectivity index is 0.000000209. The topological polar surface area (TPSA) is 186 Å². The van der Waals surface area contributed by atoms with Gasteiger partial charge in [-0.25, -0.2) is 19.2 Å². The van der Waals surface area contributed by atoms with E-state index in [1.165, 1.54) is 121 Å². The predicted octanol–water partition coefficient (Wildman–Crippen LogP) is 13.1. The Morgan fingerprint density at radius 3 is 0.846 bits per heavy atom. The van der Waals surface area contributed by atoms with Crippen molar-refractivity contribution >= 4 is 55.7 Å². The minimum Gasteiger partial charge on any atom is -0.508 e. The summed E-state index contributed by atoms with van der Waals surface area (Å²) in [5.74, 6) is 13.0. The molecule has 78 heavy (non-hydrogen) atoms. The third kappa shape index (κ3) is 16.3. The summed E-state index contributed by atoms with van der Waals surface area (Å²) in [4.78, 5) is 51.6. The molecule has 0 saturated carbocycles. The van der Waals surface area contributed by atoms with Gasteiger partial charge in [-0.1, -0.05) is 84.2 Å². The van der Waals surface area contributed by atoms with Gasteiger partial charge in [0.1, 0.15) is 46.0 Å². The molecular weight excluding hydrogens is 1120 g/mol. The molecular formula is C64H40Br2O12. The second kappa shape index (κ2) is 27.3. The van der Waals surface area contributed by atoms with Crippen LogP contribution in [0.5, 0.6) is 46.0 Å². The third-order valence-electron chi connectivity index (χ3n) is 10.5. The Morgan fingerprint density at radius 1 is 0.333 bits per heavy atom. The van der Waals surface area contributed by atoms with E-state index in [1.54, 1.807) is 0 Å². The fraction of sp³-hybridized carbons (Fsp3) is 0. The smallest absolute Gasteiger partial charge is 0.344 e. The maximum Gasteiger partial charge on any atom is 0.344 e. The number of benzene rings is 9. The van der Waals surface area contributed by atoms with E-state index in [2.05, 4.69) is 61.5 Å². The Kier molecular flexibility index (Phi) is 19.4. The van der Waals surface area contributed by atoms with Crippen molar-refractivity contribution in [2.75, 3.05) is 0 Å². The number of halogens is 2. The summed E-state index contributed by atoms with van der Waals surface area (Å²) < 4.78 is 22.3. The average Bonchev–Trinajstić information content (AvgIpc) is 3.46. The van der Waals surface area contributed by atoms with E-state index < -0.39 is 23.9 Å². The Hall–Kier alpha value is -10.3. The van der Waals surface area contributed by atoms with Crippen LogP contribution >= 0.6 is 31.9 Å². The highest BCUT2D eigenvalue weighted by Gasteiger charge is 2.23. The third-order valence-corrected chi connectivity index (χ3v) is 11.8. The summed E-state index contributed by atoms with van der Waals surface area (Å²) in [6.45, 7) is 0. The molecule has 0 saturated heterocycles. The van der Waals surface area contributed by atoms with E-state index in [-0.39, 0.29) is 79.4 Å². The highest BCUT2D eigenvalue weighted by atomic mass is 79.9. The van der Waals surface area contributed by atoms with Crippen molar-refractivity contribution < 1.29 is 58.6 Å². The van der Waals surface area contributed by atoms with Crippen LogP contribution in [-0.2, 0) is 0 Å². The molecule has 0 aliphatic rings. The van der Waals surface area contributed by atoms with Gasteiger partial charge in [0.05, 0.1) is 22.3 Å². The van der Waals surface area contributed by atoms with Gasteiger partial charge >= 0.3 is 23.9 Å². The number of hydrogen-bond donors (Lipinski definition) is 4. The molecule has 0 aliphatic carbocycles. The fourth-order valence-corrected chi connectivity index (χ4v) is 7.58. The van der Waals surface area contributed by atoms with E-state index in [0.29, 0.717) is 20.1 Å². The van der Waals surface area contributed by atoms with Crippen LogP contribution in [0.2, 0.25) is 0 Å². The van der Waals surface area contributed by atoms with Gasteiger partial charge in [-0.15, -0.1) is 6.42 Å². The normalized spacial score (nSPS) is 9.86. The number of aromatic hydroxyl groups is 4. The molecule has 9 aromatic rings. The van der Waals surface area contributed by atoms with Gasteiger partial charge in [-0.2, -0.15) is 0 Å². The summed E-state index contributed by atoms with van der Waals surface area (Å²) in [5, 5.41) is 37.7. The number of esters is 4. The first-order chi connectivity index (χ1) is 37.7. The quantitative estimate of drug-likeness (QED) is 0.0642. The zero-order chi connectivity index (χ0) is 55.4. The molecule has 0 unspecified atom stereocenters. The van der Waals surface area contributed by atoms with Crippen molar-refractivity contribution in [2.45, 2.75) is 0 Å². The van der Waals surface area contributed by atoms with Gasteiger partial charge in [0.2, 0.25) is 0 Å². The Labute approximate surface area is 465 Å². The van der Waals surface area contributed by atoms with Crippen LogP contribution in [-0.4, -0.2) is 44.3 Å². The summed E-state index contributed by atoms with van der Waals surface area (Å²) in [7, 11) is 0. The van der Waals surface area contributed by atoms with Crippen molar-refractivity contribution in [3.63, 3.8) is 0 Å². The van der Waals surface area contributed by atoms with Crippen molar-refractivity contribution in [2.24, 2.45) is 0 Å². The first-order valence-corrected chi connectivity index (χ1v) is 24.7. The Morgan fingerprint density at radius 2 is 0.590 bits per heavy atom. The monoisotopic (exact) mass is 1160 g/mol. The van der Waals surface area contributed by atoms with E-state index in [9.17, 15) is 39.6 Å². The zero-order valence-electron chi connectivity index (χ0n) is 40.6. The van der Waals surface area contributed by atoms with Gasteiger partial charge in [0.15, 0.2) is 0 Å². The van der Waals surface area contributed by atoms with Gasteiger partial charge in [0, 0.05) is 36.8 Å². The highest BCUT2D eigenvalue weighted by molar-refractivity contribution is 9.11. The number of phenolic OH excluding ortho intramolecular Hbond substituents is 4. The molecule has 0 atom stereocenters. The van der Waals surface area contributed by atoms with Crippen molar-refractivity contribution in [3.8, 4) is 82.0 Å². The van der Waals surface area contributed by atoms with E-state index in [0.717, 1.165) is 5.56 Å². The molecule has 14 heteroatoms. The zero-order valence-corrected chi connectivity index (χ0v) is 43.8. The largest absolute Gasteiger partial charge is 0.508 e. The van der Waals surface area contributed by atoms with Gasteiger partial charge in [0.25, 0.3) is 0 Å². The average molecular weight is 1160 g/mol. The molecule has 0 radical (unpaired) electrons. The molecule has 9 aromatic carbocycles. The number of ether oxygens (including phenoxy) is 4. The minimum atomic E-state index is -0.723. The van der Waals surface area contributed by atoms with Crippen molar-refractivity contribution in [1.29, 1.82) is 0 Å². The van der Waals surface area contributed by atoms with Crippen molar-refractivity contribution in [3.05, 3.63) is 271 Å². The van der Waals surface area contributed by atoms with Crippen LogP contribution in [0.15, 0.2) is 221 Å². The molecule has 0 amide bonds. The number of phenols is 4. The fourth-order valence-electron chi connectivity index (χ4n) is 6.57. The molecule has 382 valence electrons. The number of carbonyl (C=O) groups excluding carboxylic acids is 4. The van der Waals surface area contributed by atoms with Crippen LogP contribution in [0.4, 0.5) is 0 Å². The lowest BCUT2D eigenvalue weighted by Gasteiger charge is -2.11. The van der Waals surface area contributed by atoms with E-state index in [4.69, 9.17) is 25.4 Å². The SMILES string of the molecule is C#Cc1ccccc1.O=C(Oc1ccc(O)cc1)c1cc(Br)c(C(=O)Oc2ccc(O)cc2)cc1Br.O=C(Oc1ccc(O)cc1)c1cc(C#Cc2ccccc2)c(C(=O)Oc2ccc(O)cc2)cc1C#Cc1ccccc1. The van der Waals surface area contributed by atoms with Crippen LogP contribution in [0.25, 0.3) is 0 Å². The highest BCUT2D eigenvalue weighted by Crippen LogP contribution is 2.30. The number of carbonyl (C=O) groups is 4. The molecule has 0 spiro atoms. The summed E-state index contributed by atoms with van der Waals surface area (Å²) in [5.41, 5.74) is 3.37. The standard InChI is InChI=1S/C36H22O6.C20H12Br2O6.C8H6/c37-29-15-19-31(20-16-29)41-35(39)33-24-28(14-12-26-9-5-2-6-10-26)34(36(40)42-32-21-17-30(38)18-22-32)23-27(33)13-11-25-7-3-1-4-8-25;21-17-10-16(20(26)28-14-7-3-12(24)4-8-14)18(22)9-15(17)19(25)27-13-5-1-11(23)2-6-13;1-2-8-6-4-3-5-7-8/h1-10,15-24,37-38H;1-10,23-24H;1,3-7H. The minimum absolute atomic E-state index is 0.0270. The maximum atomic E-state index is 13.4. The van der Waals surface area contributed by atoms with E-state index >= 15 is 0 Å². The second-order valence-corrected chi connectivity index (χ2v) is 17.7. The summed E-state index contributed by atoms with van der Waals surface area (Å²) in [6.07, 6.45) is 5.10. The second-order valence-electron chi connectivity index (χ2n) is 16.0. The molecule has 4 N–H and O–H groups in total. The lowest BCUT2D eigenvalue weighted by molar-refractivity contribution is 0.0718. The molecule has 0 fully saturated rings. The lowest BCUT2D eigenvalue weighted by Crippen LogP contribution is -2.15. The van der Waals surface area contributed by atoms with Gasteiger partial charge in [-0.05, 0) is 190 Å². The van der Waals surface area contributed by atoms with Crippen LogP contribution in [0.1, 0.15) is 69.2 Å². The summed E-state index contributed by atoms with van der Waals surface area (Å²) >= 11 is 6.54. The van der Waals surface area contributed by atoms with E-state index in [1.807, 2.05) is 91.0 Å². The molecule has 0 bridgehead atoms. The molecule has 0 aromatic heterocycles. The number of terminal acetylenes is 1. The molecule has 0 heterocycles. The maximum absolute atomic E-state index is 13.4. The first-order valence-electron chi connectivity index (χ1n) is 23.1. The Bertz CT molecular complexity index is 3520. The van der Waals surface area contributed by atoms with Crippen LogP contribution in [0.3, 0.4) is 0 Å². The molecule has 0 aliphatic heterocycles. The van der Waals surface area contributed by atoms with Crippen LogP contribution < -0.4 is 18.9 Å². The van der Waals surface area contributed by atoms with Crippen molar-refractivity contribution in [1.82, 2.24) is 0 Å².